The Kier molecular flexibility index (Phi) is 5.04. The van der Waals surface area contributed by atoms with Gasteiger partial charge in [-0.2, -0.15) is 5.10 Å². The van der Waals surface area contributed by atoms with Gasteiger partial charge in [-0.15, -0.1) is 16.9 Å². The van der Waals surface area contributed by atoms with Crippen LogP contribution in [0.2, 0.25) is 0 Å². The molecule has 88 valence electrons. The zero-order valence-corrected chi connectivity index (χ0v) is 10.2. The molecular weight excluding hydrogens is 224 g/mol. The summed E-state index contributed by atoms with van der Waals surface area (Å²) in [5.41, 5.74) is 6.18. The van der Waals surface area contributed by atoms with E-state index in [9.17, 15) is 0 Å². The summed E-state index contributed by atoms with van der Waals surface area (Å²) in [4.78, 5) is 0. The fourth-order valence-electron chi connectivity index (χ4n) is 1.07. The molecule has 0 saturated heterocycles. The second-order valence-corrected chi connectivity index (χ2v) is 4.85. The van der Waals surface area contributed by atoms with Crippen LogP contribution in [0.4, 0.5) is 0 Å². The van der Waals surface area contributed by atoms with Crippen molar-refractivity contribution in [3.05, 3.63) is 17.8 Å². The lowest BCUT2D eigenvalue weighted by molar-refractivity contribution is 0.318. The van der Waals surface area contributed by atoms with Gasteiger partial charge in [-0.05, 0) is 24.2 Å². The Balaban J connectivity index is 2.72. The highest BCUT2D eigenvalue weighted by atomic mass is 32.2. The van der Waals surface area contributed by atoms with Gasteiger partial charge < -0.3 is 10.9 Å². The van der Waals surface area contributed by atoms with E-state index in [1.165, 1.54) is 6.20 Å². The molecule has 0 spiro atoms. The topological polar surface area (TPSA) is 84.4 Å². The van der Waals surface area contributed by atoms with Gasteiger partial charge in [-0.3, -0.25) is 0 Å². The van der Waals surface area contributed by atoms with Crippen LogP contribution in [0.1, 0.15) is 25.8 Å². The third-order valence-electron chi connectivity index (χ3n) is 2.00. The number of amidine groups is 1. The van der Waals surface area contributed by atoms with Crippen molar-refractivity contribution in [3.63, 3.8) is 0 Å². The van der Waals surface area contributed by atoms with E-state index in [1.54, 1.807) is 17.8 Å². The molecule has 0 radical (unpaired) electrons. The van der Waals surface area contributed by atoms with Crippen LogP contribution in [0.25, 0.3) is 0 Å². The van der Waals surface area contributed by atoms with Crippen molar-refractivity contribution in [2.24, 2.45) is 16.8 Å². The third kappa shape index (κ3) is 3.69. The predicted molar refractivity (Wildman–Crippen MR) is 64.7 cm³/mol. The van der Waals surface area contributed by atoms with E-state index >= 15 is 0 Å². The molecular formula is C10H16N4OS. The Morgan fingerprint density at radius 1 is 1.62 bits per heavy atom. The van der Waals surface area contributed by atoms with Gasteiger partial charge in [-0.1, -0.05) is 19.0 Å². The first-order chi connectivity index (χ1) is 7.65. The number of aromatic nitrogens is 2. The second-order valence-electron chi connectivity index (χ2n) is 3.77. The first kappa shape index (κ1) is 12.8. The molecule has 0 aliphatic carbocycles. The first-order valence-electron chi connectivity index (χ1n) is 5.07. The number of hydrogen-bond acceptors (Lipinski definition) is 5. The summed E-state index contributed by atoms with van der Waals surface area (Å²) >= 11 is 1.57. The van der Waals surface area contributed by atoms with Gasteiger partial charge in [-0.25, -0.2) is 0 Å². The number of thioether (sulfide) groups is 1. The fourth-order valence-corrected chi connectivity index (χ4v) is 2.28. The van der Waals surface area contributed by atoms with Crippen molar-refractivity contribution in [2.45, 2.75) is 25.3 Å². The average Bonchev–Trinajstić information content (AvgIpc) is 2.28. The van der Waals surface area contributed by atoms with Crippen LogP contribution in [-0.2, 0) is 0 Å². The smallest absolute Gasteiger partial charge is 0.172 e. The number of oxime groups is 1. The quantitative estimate of drug-likeness (QED) is 0.269. The molecule has 3 N–H and O–H groups in total. The standard InChI is InChI=1S/C10H16N4OS/c1-7(2)4-6-16-10-8(9(11)14-15)3-5-12-13-10/h3,5,7,15H,4,6H2,1-2H3,(H2,11,14). The average molecular weight is 240 g/mol. The van der Waals surface area contributed by atoms with E-state index in [0.29, 0.717) is 16.5 Å². The molecule has 0 saturated carbocycles. The molecule has 6 heteroatoms. The molecule has 0 aliphatic rings. The fraction of sp³-hybridized carbons (Fsp3) is 0.500. The zero-order chi connectivity index (χ0) is 12.0. The minimum atomic E-state index is 0.0712. The van der Waals surface area contributed by atoms with Crippen molar-refractivity contribution in [3.8, 4) is 0 Å². The molecule has 1 rings (SSSR count). The number of rotatable bonds is 5. The molecule has 0 unspecified atom stereocenters. The monoisotopic (exact) mass is 240 g/mol. The summed E-state index contributed by atoms with van der Waals surface area (Å²) in [7, 11) is 0. The maximum absolute atomic E-state index is 8.63. The summed E-state index contributed by atoms with van der Waals surface area (Å²) in [6, 6.07) is 1.69. The van der Waals surface area contributed by atoms with Crippen LogP contribution in [0.5, 0.6) is 0 Å². The zero-order valence-electron chi connectivity index (χ0n) is 9.42. The van der Waals surface area contributed by atoms with Crippen molar-refractivity contribution in [1.82, 2.24) is 10.2 Å². The minimum absolute atomic E-state index is 0.0712. The van der Waals surface area contributed by atoms with Gasteiger partial charge in [0.2, 0.25) is 0 Å². The van der Waals surface area contributed by atoms with Gasteiger partial charge in [0.25, 0.3) is 0 Å². The summed E-state index contributed by atoms with van der Waals surface area (Å²) in [5, 5.41) is 20.1. The lowest BCUT2D eigenvalue weighted by atomic mass is 10.2. The molecule has 16 heavy (non-hydrogen) atoms. The molecule has 0 amide bonds. The molecule has 5 nitrogen and oxygen atoms in total. The Morgan fingerprint density at radius 2 is 2.38 bits per heavy atom. The van der Waals surface area contributed by atoms with Crippen LogP contribution in [-0.4, -0.2) is 27.0 Å². The molecule has 1 aromatic rings. The molecule has 1 aromatic heterocycles. The molecule has 0 fully saturated rings. The summed E-state index contributed by atoms with van der Waals surface area (Å²) in [6.45, 7) is 4.34. The van der Waals surface area contributed by atoms with E-state index in [0.717, 1.165) is 12.2 Å². The van der Waals surface area contributed by atoms with Crippen molar-refractivity contribution in [2.75, 3.05) is 5.75 Å². The predicted octanol–water partition coefficient (Wildman–Crippen LogP) is 1.71. The van der Waals surface area contributed by atoms with E-state index in [4.69, 9.17) is 10.9 Å². The van der Waals surface area contributed by atoms with Crippen LogP contribution in [0.15, 0.2) is 22.4 Å². The second kappa shape index (κ2) is 6.32. The first-order valence-corrected chi connectivity index (χ1v) is 6.06. The van der Waals surface area contributed by atoms with E-state index in [-0.39, 0.29) is 5.84 Å². The maximum Gasteiger partial charge on any atom is 0.172 e. The third-order valence-corrected chi connectivity index (χ3v) is 3.02. The Labute approximate surface area is 99.1 Å². The van der Waals surface area contributed by atoms with Crippen LogP contribution < -0.4 is 5.73 Å². The number of nitrogens with two attached hydrogens (primary N) is 1. The summed E-state index contributed by atoms with van der Waals surface area (Å²) in [6.07, 6.45) is 2.62. The summed E-state index contributed by atoms with van der Waals surface area (Å²) < 4.78 is 0. The van der Waals surface area contributed by atoms with Crippen molar-refractivity contribution < 1.29 is 5.21 Å². The normalized spacial score (nSPS) is 12.1. The highest BCUT2D eigenvalue weighted by molar-refractivity contribution is 7.99. The number of hydrogen-bond donors (Lipinski definition) is 2. The summed E-state index contributed by atoms with van der Waals surface area (Å²) in [5.74, 6) is 1.67. The van der Waals surface area contributed by atoms with Crippen molar-refractivity contribution >= 4 is 17.6 Å². The lowest BCUT2D eigenvalue weighted by Crippen LogP contribution is -2.15. The van der Waals surface area contributed by atoms with Gasteiger partial charge in [0.15, 0.2) is 5.84 Å². The van der Waals surface area contributed by atoms with Gasteiger partial charge >= 0.3 is 0 Å². The lowest BCUT2D eigenvalue weighted by Gasteiger charge is -2.06. The molecule has 0 atom stereocenters. The largest absolute Gasteiger partial charge is 0.409 e. The van der Waals surface area contributed by atoms with E-state index in [1.807, 2.05) is 0 Å². The van der Waals surface area contributed by atoms with Crippen LogP contribution in [0, 0.1) is 5.92 Å². The van der Waals surface area contributed by atoms with Gasteiger partial charge in [0.1, 0.15) is 5.03 Å². The van der Waals surface area contributed by atoms with Crippen LogP contribution >= 0.6 is 11.8 Å². The Hall–Kier alpha value is -1.30. The van der Waals surface area contributed by atoms with Gasteiger partial charge in [0, 0.05) is 0 Å². The van der Waals surface area contributed by atoms with E-state index < -0.39 is 0 Å². The van der Waals surface area contributed by atoms with Gasteiger partial charge in [0.05, 0.1) is 11.8 Å². The van der Waals surface area contributed by atoms with Crippen molar-refractivity contribution in [1.29, 1.82) is 0 Å². The highest BCUT2D eigenvalue weighted by Gasteiger charge is 2.09. The molecule has 0 aliphatic heterocycles. The molecule has 0 bridgehead atoms. The minimum Gasteiger partial charge on any atom is -0.409 e. The molecule has 0 aromatic carbocycles. The Morgan fingerprint density at radius 3 is 3.00 bits per heavy atom. The molecule has 1 heterocycles. The SMILES string of the molecule is CC(C)CCSc1nnccc1/C(N)=N/O. The maximum atomic E-state index is 8.63. The van der Waals surface area contributed by atoms with Crippen LogP contribution in [0.3, 0.4) is 0 Å². The Bertz CT molecular complexity index is 368. The highest BCUT2D eigenvalue weighted by Crippen LogP contribution is 2.21. The van der Waals surface area contributed by atoms with E-state index in [2.05, 4.69) is 29.2 Å². The number of nitrogens with zero attached hydrogens (tertiary/aromatic N) is 3.